The van der Waals surface area contributed by atoms with E-state index in [1.807, 2.05) is 13.8 Å². The number of hydrogen-bond acceptors (Lipinski definition) is 3. The second kappa shape index (κ2) is 5.27. The van der Waals surface area contributed by atoms with Gasteiger partial charge in [-0.15, -0.1) is 0 Å². The van der Waals surface area contributed by atoms with Crippen LogP contribution in [0.3, 0.4) is 0 Å². The number of aliphatic carboxylic acids is 1. The van der Waals surface area contributed by atoms with E-state index in [1.54, 1.807) is 31.5 Å². The Labute approximate surface area is 101 Å². The van der Waals surface area contributed by atoms with Gasteiger partial charge in [-0.1, -0.05) is 20.3 Å². The Bertz CT molecular complexity index is 376. The molecule has 0 amide bonds. The minimum atomic E-state index is -1.38. The summed E-state index contributed by atoms with van der Waals surface area (Å²) in [6, 6.07) is 3.30. The monoisotopic (exact) mass is 237 g/mol. The number of nitrogens with zero attached hydrogens (tertiary/aromatic N) is 1. The molecule has 4 nitrogen and oxygen atoms in total. The Morgan fingerprint density at radius 2 is 2.00 bits per heavy atom. The van der Waals surface area contributed by atoms with Crippen molar-refractivity contribution in [3.8, 4) is 0 Å². The number of hydrogen-bond donors (Lipinski definition) is 2. The van der Waals surface area contributed by atoms with Crippen molar-refractivity contribution < 1.29 is 15.0 Å². The van der Waals surface area contributed by atoms with Gasteiger partial charge in [-0.2, -0.15) is 0 Å². The lowest BCUT2D eigenvalue weighted by atomic mass is 9.75. The van der Waals surface area contributed by atoms with Crippen LogP contribution in [0, 0.1) is 11.8 Å². The summed E-state index contributed by atoms with van der Waals surface area (Å²) in [6.07, 6.45) is 3.82. The molecule has 3 atom stereocenters. The fourth-order valence-electron chi connectivity index (χ4n) is 2.14. The molecule has 3 unspecified atom stereocenters. The first-order valence-corrected chi connectivity index (χ1v) is 5.77. The van der Waals surface area contributed by atoms with Crippen LogP contribution < -0.4 is 0 Å². The van der Waals surface area contributed by atoms with Gasteiger partial charge < -0.3 is 10.2 Å². The quantitative estimate of drug-likeness (QED) is 0.822. The van der Waals surface area contributed by atoms with Crippen molar-refractivity contribution >= 4 is 5.97 Å². The van der Waals surface area contributed by atoms with E-state index in [1.165, 1.54) is 0 Å². The van der Waals surface area contributed by atoms with Crippen LogP contribution in [-0.2, 0) is 10.4 Å². The highest BCUT2D eigenvalue weighted by Gasteiger charge is 2.41. The Morgan fingerprint density at radius 1 is 1.47 bits per heavy atom. The number of rotatable bonds is 5. The number of aromatic nitrogens is 1. The lowest BCUT2D eigenvalue weighted by Gasteiger charge is -2.34. The Kier molecular flexibility index (Phi) is 4.23. The molecule has 0 aromatic carbocycles. The molecular weight excluding hydrogens is 218 g/mol. The van der Waals surface area contributed by atoms with Gasteiger partial charge in [0.2, 0.25) is 0 Å². The highest BCUT2D eigenvalue weighted by Crippen LogP contribution is 2.35. The third-order valence-corrected chi connectivity index (χ3v) is 3.35. The summed E-state index contributed by atoms with van der Waals surface area (Å²) in [5.74, 6) is -1.90. The highest BCUT2D eigenvalue weighted by molar-refractivity contribution is 5.72. The minimum absolute atomic E-state index is 0.101. The lowest BCUT2D eigenvalue weighted by molar-refractivity contribution is -0.155. The summed E-state index contributed by atoms with van der Waals surface area (Å²) in [6.45, 7) is 5.31. The number of aliphatic hydroxyl groups is 1. The van der Waals surface area contributed by atoms with E-state index in [4.69, 9.17) is 0 Å². The molecule has 0 spiro atoms. The van der Waals surface area contributed by atoms with E-state index in [0.717, 1.165) is 0 Å². The summed E-state index contributed by atoms with van der Waals surface area (Å²) in [4.78, 5) is 15.2. The molecule has 0 aliphatic carbocycles. The summed E-state index contributed by atoms with van der Waals surface area (Å²) in [7, 11) is 0. The fourth-order valence-corrected chi connectivity index (χ4v) is 2.14. The third kappa shape index (κ3) is 2.82. The smallest absolute Gasteiger partial charge is 0.310 e. The van der Waals surface area contributed by atoms with E-state index < -0.39 is 17.5 Å². The first-order chi connectivity index (χ1) is 7.91. The standard InChI is InChI=1S/C13H19NO3/c1-4-9(2)11(12(15)16)13(3,17)10-5-7-14-8-6-10/h5-9,11,17H,4H2,1-3H3,(H,15,16). The van der Waals surface area contributed by atoms with E-state index in [0.29, 0.717) is 12.0 Å². The number of carboxylic acid groups (broad SMARTS) is 1. The molecule has 0 saturated heterocycles. The normalized spacial score (nSPS) is 18.1. The van der Waals surface area contributed by atoms with Crippen LogP contribution in [0.5, 0.6) is 0 Å². The van der Waals surface area contributed by atoms with Crippen molar-refractivity contribution in [1.29, 1.82) is 0 Å². The Morgan fingerprint density at radius 3 is 2.41 bits per heavy atom. The zero-order valence-electron chi connectivity index (χ0n) is 10.4. The van der Waals surface area contributed by atoms with Crippen molar-refractivity contribution in [3.05, 3.63) is 30.1 Å². The predicted octanol–water partition coefficient (Wildman–Crippen LogP) is 2.04. The van der Waals surface area contributed by atoms with Gasteiger partial charge in [0.05, 0.1) is 5.92 Å². The third-order valence-electron chi connectivity index (χ3n) is 3.35. The van der Waals surface area contributed by atoms with Crippen molar-refractivity contribution in [2.45, 2.75) is 32.8 Å². The Balaban J connectivity index is 3.13. The molecule has 4 heteroatoms. The molecule has 0 fully saturated rings. The molecule has 0 saturated carbocycles. The van der Waals surface area contributed by atoms with Crippen LogP contribution in [0.4, 0.5) is 0 Å². The van der Waals surface area contributed by atoms with Crippen LogP contribution in [0.25, 0.3) is 0 Å². The van der Waals surface area contributed by atoms with E-state index in [2.05, 4.69) is 4.98 Å². The van der Waals surface area contributed by atoms with Gasteiger partial charge in [-0.05, 0) is 30.5 Å². The van der Waals surface area contributed by atoms with Gasteiger partial charge in [-0.3, -0.25) is 9.78 Å². The van der Waals surface area contributed by atoms with E-state index >= 15 is 0 Å². The lowest BCUT2D eigenvalue weighted by Crippen LogP contribution is -2.41. The van der Waals surface area contributed by atoms with E-state index in [9.17, 15) is 15.0 Å². The van der Waals surface area contributed by atoms with Gasteiger partial charge in [0.15, 0.2) is 0 Å². The van der Waals surface area contributed by atoms with Gasteiger partial charge in [0.1, 0.15) is 5.60 Å². The van der Waals surface area contributed by atoms with E-state index in [-0.39, 0.29) is 5.92 Å². The molecule has 94 valence electrons. The molecule has 1 aromatic rings. The summed E-state index contributed by atoms with van der Waals surface area (Å²) in [5, 5.41) is 19.8. The maximum absolute atomic E-state index is 11.3. The number of pyridine rings is 1. The fraction of sp³-hybridized carbons (Fsp3) is 0.538. The molecule has 1 rings (SSSR count). The zero-order chi connectivity index (χ0) is 13.1. The summed E-state index contributed by atoms with van der Waals surface area (Å²) >= 11 is 0. The van der Waals surface area contributed by atoms with Crippen LogP contribution in [-0.4, -0.2) is 21.2 Å². The molecular formula is C13H19NO3. The molecule has 1 heterocycles. The van der Waals surface area contributed by atoms with Gasteiger partial charge in [0, 0.05) is 12.4 Å². The maximum Gasteiger partial charge on any atom is 0.310 e. The van der Waals surface area contributed by atoms with Gasteiger partial charge >= 0.3 is 5.97 Å². The van der Waals surface area contributed by atoms with Crippen molar-refractivity contribution in [3.63, 3.8) is 0 Å². The van der Waals surface area contributed by atoms with Crippen LogP contribution in [0.2, 0.25) is 0 Å². The average molecular weight is 237 g/mol. The molecule has 1 aromatic heterocycles. The topological polar surface area (TPSA) is 70.4 Å². The predicted molar refractivity (Wildman–Crippen MR) is 64.4 cm³/mol. The summed E-state index contributed by atoms with van der Waals surface area (Å²) < 4.78 is 0. The van der Waals surface area contributed by atoms with Crippen molar-refractivity contribution in [2.24, 2.45) is 11.8 Å². The van der Waals surface area contributed by atoms with Crippen LogP contribution in [0.15, 0.2) is 24.5 Å². The second-order valence-corrected chi connectivity index (χ2v) is 4.58. The molecule has 2 N–H and O–H groups in total. The Hall–Kier alpha value is -1.42. The molecule has 0 aliphatic rings. The van der Waals surface area contributed by atoms with Crippen molar-refractivity contribution in [2.75, 3.05) is 0 Å². The van der Waals surface area contributed by atoms with Crippen LogP contribution in [0.1, 0.15) is 32.8 Å². The minimum Gasteiger partial charge on any atom is -0.481 e. The largest absolute Gasteiger partial charge is 0.481 e. The second-order valence-electron chi connectivity index (χ2n) is 4.58. The zero-order valence-corrected chi connectivity index (χ0v) is 10.4. The molecule has 0 radical (unpaired) electrons. The average Bonchev–Trinajstić information content (AvgIpc) is 2.29. The van der Waals surface area contributed by atoms with Gasteiger partial charge in [-0.25, -0.2) is 0 Å². The first kappa shape index (κ1) is 13.6. The molecule has 17 heavy (non-hydrogen) atoms. The number of carbonyl (C=O) groups is 1. The highest BCUT2D eigenvalue weighted by atomic mass is 16.4. The maximum atomic E-state index is 11.3. The van der Waals surface area contributed by atoms with Gasteiger partial charge in [0.25, 0.3) is 0 Å². The molecule has 0 bridgehead atoms. The SMILES string of the molecule is CCC(C)C(C(=O)O)C(C)(O)c1ccncc1. The van der Waals surface area contributed by atoms with Crippen LogP contribution >= 0.6 is 0 Å². The summed E-state index contributed by atoms with van der Waals surface area (Å²) in [5.41, 5.74) is -0.801. The number of carboxylic acids is 1. The first-order valence-electron chi connectivity index (χ1n) is 5.77. The van der Waals surface area contributed by atoms with Crippen molar-refractivity contribution in [1.82, 2.24) is 4.98 Å². The molecule has 0 aliphatic heterocycles.